The molecule has 0 aliphatic heterocycles. The zero-order valence-corrected chi connectivity index (χ0v) is 17.1. The van der Waals surface area contributed by atoms with E-state index in [2.05, 4.69) is 25.7 Å². The summed E-state index contributed by atoms with van der Waals surface area (Å²) >= 11 is 0. The topological polar surface area (TPSA) is 0 Å². The average molecular weight is 343 g/mol. The minimum absolute atomic E-state index is 0.732. The molecule has 3 aliphatic carbocycles. The highest BCUT2D eigenvalue weighted by molar-refractivity contribution is 5.09. The van der Waals surface area contributed by atoms with Crippen molar-refractivity contribution in [2.75, 3.05) is 0 Å². The summed E-state index contributed by atoms with van der Waals surface area (Å²) in [6.45, 7) is 4.71. The summed E-state index contributed by atoms with van der Waals surface area (Å²) in [7, 11) is 0. The van der Waals surface area contributed by atoms with Gasteiger partial charge in [0.15, 0.2) is 0 Å². The maximum absolute atomic E-state index is 3.73. The highest BCUT2D eigenvalue weighted by atomic mass is 14.3. The molecule has 0 spiro atoms. The molecule has 3 fully saturated rings. The Kier molecular flexibility index (Phi) is 7.76. The van der Waals surface area contributed by atoms with E-state index in [1.807, 2.05) is 0 Å². The fraction of sp³-hybridized carbons (Fsp3) is 0.920. The SMILES string of the molecule is CCCC1CCC(C#CC2CCC(C3CCC(CC)CC3)CC2)CC1. The summed E-state index contributed by atoms with van der Waals surface area (Å²) in [5, 5.41) is 0. The average Bonchev–Trinajstić information content (AvgIpc) is 2.68. The van der Waals surface area contributed by atoms with Crippen molar-refractivity contribution in [3.63, 3.8) is 0 Å². The maximum Gasteiger partial charge on any atom is 0.0203 e. The van der Waals surface area contributed by atoms with E-state index in [0.717, 1.165) is 35.5 Å². The van der Waals surface area contributed by atoms with Gasteiger partial charge in [-0.2, -0.15) is 0 Å². The quantitative estimate of drug-likeness (QED) is 0.461. The predicted octanol–water partition coefficient (Wildman–Crippen LogP) is 7.62. The van der Waals surface area contributed by atoms with Gasteiger partial charge < -0.3 is 0 Å². The molecule has 25 heavy (non-hydrogen) atoms. The molecule has 0 aromatic rings. The van der Waals surface area contributed by atoms with Gasteiger partial charge in [0, 0.05) is 11.8 Å². The molecule has 0 aromatic carbocycles. The van der Waals surface area contributed by atoms with Crippen molar-refractivity contribution < 1.29 is 0 Å². The summed E-state index contributed by atoms with van der Waals surface area (Å²) in [6.07, 6.45) is 21.7. The van der Waals surface area contributed by atoms with Crippen LogP contribution >= 0.6 is 0 Å². The van der Waals surface area contributed by atoms with Gasteiger partial charge in [0.25, 0.3) is 0 Å². The van der Waals surface area contributed by atoms with Crippen molar-refractivity contribution in [2.24, 2.45) is 35.5 Å². The Bertz CT molecular complexity index is 415. The third-order valence-corrected chi connectivity index (χ3v) is 7.94. The molecule has 0 aromatic heterocycles. The lowest BCUT2D eigenvalue weighted by Crippen LogP contribution is -2.25. The smallest absolute Gasteiger partial charge is 0.0203 e. The minimum atomic E-state index is 0.732. The first-order valence-electron chi connectivity index (χ1n) is 11.8. The summed E-state index contributed by atoms with van der Waals surface area (Å²) in [5.41, 5.74) is 0. The van der Waals surface area contributed by atoms with Crippen LogP contribution in [-0.2, 0) is 0 Å². The molecule has 0 radical (unpaired) electrons. The van der Waals surface area contributed by atoms with E-state index < -0.39 is 0 Å². The Morgan fingerprint density at radius 1 is 0.560 bits per heavy atom. The second kappa shape index (κ2) is 10.0. The fourth-order valence-electron chi connectivity index (χ4n) is 6.04. The van der Waals surface area contributed by atoms with Crippen LogP contribution in [0.4, 0.5) is 0 Å². The first-order valence-corrected chi connectivity index (χ1v) is 11.8. The Balaban J connectivity index is 1.36. The molecule has 142 valence electrons. The van der Waals surface area contributed by atoms with Crippen molar-refractivity contribution in [1.82, 2.24) is 0 Å². The van der Waals surface area contributed by atoms with E-state index in [-0.39, 0.29) is 0 Å². The van der Waals surface area contributed by atoms with E-state index in [1.54, 1.807) is 0 Å². The lowest BCUT2D eigenvalue weighted by Gasteiger charge is -2.37. The molecule has 0 heteroatoms. The summed E-state index contributed by atoms with van der Waals surface area (Å²) in [5.74, 6) is 13.1. The zero-order chi connectivity index (χ0) is 17.5. The van der Waals surface area contributed by atoms with E-state index in [4.69, 9.17) is 0 Å². The summed E-state index contributed by atoms with van der Waals surface area (Å²) < 4.78 is 0. The molecule has 3 aliphatic rings. The largest absolute Gasteiger partial charge is 0.0996 e. The highest BCUT2D eigenvalue weighted by Crippen LogP contribution is 2.42. The molecule has 3 saturated carbocycles. The lowest BCUT2D eigenvalue weighted by atomic mass is 9.69. The van der Waals surface area contributed by atoms with Gasteiger partial charge in [0.2, 0.25) is 0 Å². The van der Waals surface area contributed by atoms with Crippen LogP contribution < -0.4 is 0 Å². The summed E-state index contributed by atoms with van der Waals surface area (Å²) in [4.78, 5) is 0. The Morgan fingerprint density at radius 2 is 1.00 bits per heavy atom. The monoisotopic (exact) mass is 342 g/mol. The van der Waals surface area contributed by atoms with Gasteiger partial charge in [0.05, 0.1) is 0 Å². The molecule has 3 rings (SSSR count). The highest BCUT2D eigenvalue weighted by Gasteiger charge is 2.30. The normalized spacial score (nSPS) is 39.4. The van der Waals surface area contributed by atoms with Crippen LogP contribution in [0.3, 0.4) is 0 Å². The van der Waals surface area contributed by atoms with Crippen molar-refractivity contribution >= 4 is 0 Å². The van der Waals surface area contributed by atoms with Gasteiger partial charge in [0.1, 0.15) is 0 Å². The molecule has 0 amide bonds. The van der Waals surface area contributed by atoms with Crippen LogP contribution in [0, 0.1) is 47.3 Å². The first kappa shape index (κ1) is 19.3. The Hall–Kier alpha value is -0.440. The van der Waals surface area contributed by atoms with Crippen LogP contribution in [-0.4, -0.2) is 0 Å². The van der Waals surface area contributed by atoms with E-state index in [0.29, 0.717) is 0 Å². The van der Waals surface area contributed by atoms with Crippen LogP contribution in [0.2, 0.25) is 0 Å². The number of hydrogen-bond acceptors (Lipinski definition) is 0. The van der Waals surface area contributed by atoms with Gasteiger partial charge in [-0.25, -0.2) is 0 Å². The number of hydrogen-bond donors (Lipinski definition) is 0. The first-order chi connectivity index (χ1) is 12.3. The maximum atomic E-state index is 3.73. The molecular formula is C25H42. The van der Waals surface area contributed by atoms with Gasteiger partial charge in [-0.3, -0.25) is 0 Å². The molecule has 0 atom stereocenters. The molecule has 0 heterocycles. The number of rotatable bonds is 4. The molecule has 0 saturated heterocycles. The van der Waals surface area contributed by atoms with E-state index in [9.17, 15) is 0 Å². The lowest BCUT2D eigenvalue weighted by molar-refractivity contribution is 0.155. The Morgan fingerprint density at radius 3 is 1.48 bits per heavy atom. The molecular weight excluding hydrogens is 300 g/mol. The molecule has 0 nitrogen and oxygen atoms in total. The van der Waals surface area contributed by atoms with Crippen molar-refractivity contribution in [2.45, 2.75) is 110 Å². The van der Waals surface area contributed by atoms with Gasteiger partial charge in [-0.15, -0.1) is 0 Å². The van der Waals surface area contributed by atoms with Crippen LogP contribution in [0.15, 0.2) is 0 Å². The molecule has 0 N–H and O–H groups in total. The fourth-order valence-corrected chi connectivity index (χ4v) is 6.04. The predicted molar refractivity (Wildman–Crippen MR) is 109 cm³/mol. The van der Waals surface area contributed by atoms with Crippen LogP contribution in [0.5, 0.6) is 0 Å². The van der Waals surface area contributed by atoms with Crippen molar-refractivity contribution in [3.8, 4) is 11.8 Å². The Labute approximate surface area is 157 Å². The van der Waals surface area contributed by atoms with Gasteiger partial charge in [-0.05, 0) is 87.9 Å². The molecule has 0 bridgehead atoms. The zero-order valence-electron chi connectivity index (χ0n) is 17.1. The van der Waals surface area contributed by atoms with Crippen LogP contribution in [0.25, 0.3) is 0 Å². The van der Waals surface area contributed by atoms with Crippen LogP contribution in [0.1, 0.15) is 110 Å². The van der Waals surface area contributed by atoms with E-state index in [1.165, 1.54) is 96.3 Å². The third kappa shape index (κ3) is 5.77. The third-order valence-electron chi connectivity index (χ3n) is 7.94. The van der Waals surface area contributed by atoms with Gasteiger partial charge >= 0.3 is 0 Å². The standard InChI is InChI=1S/C25H42/c1-3-5-21-6-8-22(9-7-21)10-11-23-14-18-25(19-15-23)24-16-12-20(4-2)13-17-24/h20-25H,3-9,12-19H2,1-2H3. The van der Waals surface area contributed by atoms with Crippen molar-refractivity contribution in [1.29, 1.82) is 0 Å². The van der Waals surface area contributed by atoms with Crippen molar-refractivity contribution in [3.05, 3.63) is 0 Å². The second-order valence-corrected chi connectivity index (χ2v) is 9.60. The molecule has 0 unspecified atom stereocenters. The summed E-state index contributed by atoms with van der Waals surface area (Å²) in [6, 6.07) is 0. The van der Waals surface area contributed by atoms with Gasteiger partial charge in [-0.1, -0.05) is 57.8 Å². The second-order valence-electron chi connectivity index (χ2n) is 9.60. The van der Waals surface area contributed by atoms with E-state index >= 15 is 0 Å². The minimum Gasteiger partial charge on any atom is -0.0996 e.